The molecule has 3 aromatic carbocycles. The molecule has 2 aliphatic rings. The number of thiol groups is 1. The highest BCUT2D eigenvalue weighted by Gasteiger charge is 2.53. The molecule has 0 spiro atoms. The van der Waals surface area contributed by atoms with Gasteiger partial charge in [-0.3, -0.25) is 9.59 Å². The lowest BCUT2D eigenvalue weighted by atomic mass is 9.65. The molecule has 0 radical (unpaired) electrons. The van der Waals surface area contributed by atoms with Gasteiger partial charge in [-0.05, 0) is 72.2 Å². The van der Waals surface area contributed by atoms with Crippen molar-refractivity contribution in [2.75, 3.05) is 0 Å². The van der Waals surface area contributed by atoms with E-state index in [2.05, 4.69) is 11.4 Å². The molecular formula is C33H33Cl2N3O5S. The quantitative estimate of drug-likeness (QED) is 0.214. The average Bonchev–Trinajstić information content (AvgIpc) is 3.82. The first kappa shape index (κ1) is 32.0. The standard InChI is InChI=1S/C33H33Cl2N3O5S/c1-33(17-28(39)40)16-27(22-7-4-8-26(35)15-22)30(37-32(33)41)29(20-9-10-20)31(21-11-13-25(34)14-12-21)38(44(42)43)19-24-6-3-2-5-23(24)18-36/h2-8,11-15,20,27,29-31,44H,9-10,16-17,19H2,1H3,(H,37,41)(H,39,40)/t27-,29?,30+,31-,33+/m1/s1. The molecule has 44 heavy (non-hydrogen) atoms. The predicted octanol–water partition coefficient (Wildman–Crippen LogP) is 6.11. The van der Waals surface area contributed by atoms with Crippen LogP contribution in [0, 0.1) is 28.6 Å². The summed E-state index contributed by atoms with van der Waals surface area (Å²) >= 11 is 12.7. The second-order valence-electron chi connectivity index (χ2n) is 12.0. The highest BCUT2D eigenvalue weighted by atomic mass is 35.5. The van der Waals surface area contributed by atoms with Crippen LogP contribution in [0.4, 0.5) is 0 Å². The lowest BCUT2D eigenvalue weighted by Gasteiger charge is -2.48. The summed E-state index contributed by atoms with van der Waals surface area (Å²) in [4.78, 5) is 25.6. The first-order valence-corrected chi connectivity index (χ1v) is 16.3. The van der Waals surface area contributed by atoms with Gasteiger partial charge in [0.1, 0.15) is 0 Å². The SMILES string of the molecule is C[C@@]1(CC(=O)O)C[C@H](c2cccc(Cl)c2)[C@@H](C(C2CC2)[C@@H](c2ccc(Cl)cc2)N(Cc2ccccc2C#N)[SH](=O)=O)NC1=O. The van der Waals surface area contributed by atoms with E-state index in [1.54, 1.807) is 61.5 Å². The van der Waals surface area contributed by atoms with Gasteiger partial charge >= 0.3 is 5.97 Å². The van der Waals surface area contributed by atoms with Gasteiger partial charge in [-0.25, -0.2) is 8.42 Å². The molecule has 0 aromatic heterocycles. The molecule has 3 aromatic rings. The van der Waals surface area contributed by atoms with Crippen LogP contribution in [0.25, 0.3) is 0 Å². The molecule has 230 valence electrons. The lowest BCUT2D eigenvalue weighted by molar-refractivity contribution is -0.148. The zero-order valence-electron chi connectivity index (χ0n) is 24.0. The third-order valence-corrected chi connectivity index (χ3v) is 10.2. The second-order valence-corrected chi connectivity index (χ2v) is 13.9. The number of carbonyl (C=O) groups is 2. The van der Waals surface area contributed by atoms with Gasteiger partial charge in [-0.15, -0.1) is 0 Å². The second kappa shape index (κ2) is 13.3. The van der Waals surface area contributed by atoms with Crippen LogP contribution in [0.1, 0.15) is 66.8 Å². The van der Waals surface area contributed by atoms with Crippen molar-refractivity contribution in [3.63, 3.8) is 0 Å². The Hall–Kier alpha value is -3.42. The zero-order chi connectivity index (χ0) is 31.6. The van der Waals surface area contributed by atoms with E-state index in [0.717, 1.165) is 18.4 Å². The van der Waals surface area contributed by atoms with E-state index >= 15 is 0 Å². The summed E-state index contributed by atoms with van der Waals surface area (Å²) in [5, 5.41) is 23.6. The van der Waals surface area contributed by atoms with Crippen molar-refractivity contribution >= 4 is 46.0 Å². The molecule has 0 bridgehead atoms. The molecule has 2 fully saturated rings. The Kier molecular flexibility index (Phi) is 9.66. The van der Waals surface area contributed by atoms with E-state index in [1.165, 1.54) is 4.31 Å². The number of carboxylic acid groups (broad SMARTS) is 1. The van der Waals surface area contributed by atoms with Crippen LogP contribution in [0.2, 0.25) is 10.0 Å². The maximum atomic E-state index is 13.7. The number of hydrogen-bond donors (Lipinski definition) is 3. The van der Waals surface area contributed by atoms with E-state index < -0.39 is 34.4 Å². The van der Waals surface area contributed by atoms with Crippen LogP contribution >= 0.6 is 23.2 Å². The Labute approximate surface area is 268 Å². The van der Waals surface area contributed by atoms with E-state index in [9.17, 15) is 28.4 Å². The molecule has 1 saturated carbocycles. The maximum Gasteiger partial charge on any atom is 0.304 e. The largest absolute Gasteiger partial charge is 0.481 e. The van der Waals surface area contributed by atoms with E-state index in [1.807, 2.05) is 18.2 Å². The van der Waals surface area contributed by atoms with Crippen molar-refractivity contribution in [3.05, 3.63) is 105 Å². The molecule has 1 aliphatic heterocycles. The van der Waals surface area contributed by atoms with Crippen LogP contribution in [0.5, 0.6) is 0 Å². The summed E-state index contributed by atoms with van der Waals surface area (Å²) < 4.78 is 27.8. The van der Waals surface area contributed by atoms with E-state index in [0.29, 0.717) is 26.7 Å². The molecular weight excluding hydrogens is 621 g/mol. The van der Waals surface area contributed by atoms with Gasteiger partial charge in [0.2, 0.25) is 16.8 Å². The number of nitrogens with one attached hydrogen (secondary N) is 1. The number of nitrogens with zero attached hydrogens (tertiary/aromatic N) is 2. The minimum absolute atomic E-state index is 0.0435. The van der Waals surface area contributed by atoms with Gasteiger partial charge in [0.05, 0.1) is 29.5 Å². The fourth-order valence-corrected chi connectivity index (χ4v) is 7.81. The van der Waals surface area contributed by atoms with Gasteiger partial charge < -0.3 is 10.4 Å². The summed E-state index contributed by atoms with van der Waals surface area (Å²) in [5.41, 5.74) is 1.30. The van der Waals surface area contributed by atoms with Crippen LogP contribution in [0.3, 0.4) is 0 Å². The predicted molar refractivity (Wildman–Crippen MR) is 169 cm³/mol. The fourth-order valence-electron chi connectivity index (χ4n) is 6.73. The third kappa shape index (κ3) is 6.94. The molecule has 11 heteroatoms. The Bertz CT molecular complexity index is 1660. The number of rotatable bonds is 11. The normalized spacial score (nSPS) is 23.1. The van der Waals surface area contributed by atoms with Gasteiger partial charge in [-0.1, -0.05) is 72.6 Å². The topological polar surface area (TPSA) is 128 Å². The fraction of sp³-hybridized carbons (Fsp3) is 0.364. The number of nitriles is 1. The van der Waals surface area contributed by atoms with E-state index in [-0.39, 0.29) is 43.0 Å². The number of amides is 1. The first-order valence-electron chi connectivity index (χ1n) is 14.4. The summed E-state index contributed by atoms with van der Waals surface area (Å²) in [5.74, 6) is -2.12. The third-order valence-electron chi connectivity index (χ3n) is 8.93. The number of carboxylic acids is 1. The first-order chi connectivity index (χ1) is 21.0. The smallest absolute Gasteiger partial charge is 0.304 e. The Balaban J connectivity index is 1.67. The molecule has 1 unspecified atom stereocenters. The van der Waals surface area contributed by atoms with Crippen molar-refractivity contribution in [1.82, 2.24) is 9.62 Å². The monoisotopic (exact) mass is 653 g/mol. The molecule has 2 N–H and O–H groups in total. The minimum atomic E-state index is -3.16. The molecule has 1 heterocycles. The summed E-state index contributed by atoms with van der Waals surface area (Å²) in [7, 11) is -3.16. The number of carbonyl (C=O) groups excluding carboxylic acids is 1. The zero-order valence-corrected chi connectivity index (χ0v) is 26.4. The molecule has 5 rings (SSSR count). The Morgan fingerprint density at radius 1 is 1.09 bits per heavy atom. The van der Waals surface area contributed by atoms with Crippen molar-refractivity contribution in [2.24, 2.45) is 17.3 Å². The van der Waals surface area contributed by atoms with Gasteiger partial charge in [0, 0.05) is 34.5 Å². The summed E-state index contributed by atoms with van der Waals surface area (Å²) in [6.07, 6.45) is 1.58. The van der Waals surface area contributed by atoms with Crippen LogP contribution in [0.15, 0.2) is 72.8 Å². The molecule has 8 nitrogen and oxygen atoms in total. The van der Waals surface area contributed by atoms with Crippen LogP contribution < -0.4 is 5.32 Å². The Morgan fingerprint density at radius 3 is 2.41 bits per heavy atom. The molecule has 1 amide bonds. The van der Waals surface area contributed by atoms with Gasteiger partial charge in [0.15, 0.2) is 0 Å². The summed E-state index contributed by atoms with van der Waals surface area (Å²) in [6, 6.07) is 22.1. The number of hydrogen-bond acceptors (Lipinski definition) is 5. The lowest BCUT2D eigenvalue weighted by Crippen LogP contribution is -2.58. The highest BCUT2D eigenvalue weighted by molar-refractivity contribution is 7.69. The van der Waals surface area contributed by atoms with E-state index in [4.69, 9.17) is 23.2 Å². The van der Waals surface area contributed by atoms with Crippen molar-refractivity contribution < 1.29 is 23.1 Å². The number of aliphatic carboxylic acids is 1. The minimum Gasteiger partial charge on any atom is -0.481 e. The highest BCUT2D eigenvalue weighted by Crippen LogP contribution is 2.53. The van der Waals surface area contributed by atoms with Crippen LogP contribution in [-0.4, -0.2) is 35.7 Å². The van der Waals surface area contributed by atoms with Crippen LogP contribution in [-0.2, 0) is 27.0 Å². The maximum absolute atomic E-state index is 13.7. The Morgan fingerprint density at radius 2 is 1.80 bits per heavy atom. The summed E-state index contributed by atoms with van der Waals surface area (Å²) in [6.45, 7) is 1.62. The number of halogens is 2. The van der Waals surface area contributed by atoms with Gasteiger partial charge in [-0.2, -0.15) is 9.57 Å². The molecule has 5 atom stereocenters. The van der Waals surface area contributed by atoms with Crippen molar-refractivity contribution in [3.8, 4) is 6.07 Å². The van der Waals surface area contributed by atoms with Gasteiger partial charge in [0.25, 0.3) is 0 Å². The molecule has 1 aliphatic carbocycles. The number of piperidine rings is 1. The average molecular weight is 655 g/mol. The molecule has 1 saturated heterocycles. The van der Waals surface area contributed by atoms with Crippen molar-refractivity contribution in [1.29, 1.82) is 5.26 Å². The number of benzene rings is 3. The van der Waals surface area contributed by atoms with Crippen molar-refractivity contribution in [2.45, 2.75) is 57.2 Å².